The van der Waals surface area contributed by atoms with Crippen LogP contribution in [-0.2, 0) is 23.8 Å². The molecule has 2 aliphatic heterocycles. The van der Waals surface area contributed by atoms with Crippen LogP contribution in [0.2, 0.25) is 0 Å². The van der Waals surface area contributed by atoms with E-state index in [0.717, 1.165) is 9.80 Å². The van der Waals surface area contributed by atoms with Gasteiger partial charge in [-0.25, -0.2) is 4.79 Å². The third kappa shape index (κ3) is 3.11. The summed E-state index contributed by atoms with van der Waals surface area (Å²) in [6, 6.07) is 0. The minimum atomic E-state index is -1.18. The largest absolute Gasteiger partial charge is 0.456 e. The van der Waals surface area contributed by atoms with Gasteiger partial charge in [-0.1, -0.05) is 0 Å². The molecule has 0 aliphatic carbocycles. The predicted molar refractivity (Wildman–Crippen MR) is 73.1 cm³/mol. The van der Waals surface area contributed by atoms with E-state index in [1.807, 2.05) is 0 Å². The molecule has 2 rings (SSSR count). The molecule has 0 bridgehead atoms. The van der Waals surface area contributed by atoms with Crippen molar-refractivity contribution < 1.29 is 33.6 Å². The number of ketones is 1. The maximum absolute atomic E-state index is 12.7. The SMILES string of the molecule is CCOC(=O)C(C(C)=O)([NH+]1CCOCC1)[NH+]1CCOCC1. The second kappa shape index (κ2) is 7.31. The van der Waals surface area contributed by atoms with Gasteiger partial charge in [-0.3, -0.25) is 14.6 Å². The number of quaternary nitrogens is 2. The first-order chi connectivity index (χ1) is 10.1. The molecule has 7 heteroatoms. The summed E-state index contributed by atoms with van der Waals surface area (Å²) in [5.74, 6) is -0.541. The van der Waals surface area contributed by atoms with Crippen LogP contribution in [0.25, 0.3) is 0 Å². The van der Waals surface area contributed by atoms with E-state index < -0.39 is 11.6 Å². The minimum Gasteiger partial charge on any atom is -0.456 e. The molecule has 21 heavy (non-hydrogen) atoms. The van der Waals surface area contributed by atoms with Crippen molar-refractivity contribution in [3.05, 3.63) is 0 Å². The number of carbonyl (C=O) groups is 2. The van der Waals surface area contributed by atoms with Crippen LogP contribution in [0.4, 0.5) is 0 Å². The van der Waals surface area contributed by atoms with Crippen molar-refractivity contribution >= 4 is 11.8 Å². The average molecular weight is 302 g/mol. The smallest absolute Gasteiger partial charge is 0.437 e. The van der Waals surface area contributed by atoms with E-state index in [-0.39, 0.29) is 12.4 Å². The molecule has 0 spiro atoms. The van der Waals surface area contributed by atoms with Gasteiger partial charge in [-0.05, 0) is 6.92 Å². The van der Waals surface area contributed by atoms with Gasteiger partial charge in [0.25, 0.3) is 5.78 Å². The number of morpholine rings is 2. The van der Waals surface area contributed by atoms with Gasteiger partial charge in [0.05, 0.1) is 33.0 Å². The monoisotopic (exact) mass is 302 g/mol. The van der Waals surface area contributed by atoms with E-state index in [1.165, 1.54) is 6.92 Å². The zero-order chi connectivity index (χ0) is 15.3. The highest BCUT2D eigenvalue weighted by Gasteiger charge is 2.63. The fourth-order valence-electron chi connectivity index (χ4n) is 3.41. The molecule has 0 amide bonds. The maximum atomic E-state index is 12.7. The topological polar surface area (TPSA) is 70.7 Å². The van der Waals surface area contributed by atoms with Crippen molar-refractivity contribution in [3.63, 3.8) is 0 Å². The number of nitrogens with one attached hydrogen (secondary N) is 2. The van der Waals surface area contributed by atoms with Crippen molar-refractivity contribution in [1.82, 2.24) is 0 Å². The molecule has 0 aromatic heterocycles. The zero-order valence-corrected chi connectivity index (χ0v) is 12.9. The van der Waals surface area contributed by atoms with Gasteiger partial charge < -0.3 is 14.2 Å². The van der Waals surface area contributed by atoms with Crippen molar-refractivity contribution in [2.75, 3.05) is 59.2 Å². The molecule has 0 aromatic carbocycles. The molecule has 0 unspecified atom stereocenters. The first kappa shape index (κ1) is 16.4. The minimum absolute atomic E-state index is 0.130. The van der Waals surface area contributed by atoms with Gasteiger partial charge >= 0.3 is 11.6 Å². The molecule has 0 aromatic rings. The zero-order valence-electron chi connectivity index (χ0n) is 12.9. The van der Waals surface area contributed by atoms with Gasteiger partial charge in [0.2, 0.25) is 0 Å². The second-order valence-electron chi connectivity index (χ2n) is 5.46. The van der Waals surface area contributed by atoms with Gasteiger partial charge in [0, 0.05) is 6.92 Å². The van der Waals surface area contributed by atoms with E-state index in [4.69, 9.17) is 14.2 Å². The Bertz CT molecular complexity index is 358. The highest BCUT2D eigenvalue weighted by atomic mass is 16.5. The number of Topliss-reactive ketones (excluding diaryl/α,β-unsaturated/α-hetero) is 1. The van der Waals surface area contributed by atoms with Crippen LogP contribution >= 0.6 is 0 Å². The van der Waals surface area contributed by atoms with Crippen LogP contribution < -0.4 is 9.80 Å². The Morgan fingerprint density at radius 1 is 1.00 bits per heavy atom. The molecular formula is C14H26N2O5+2. The number of ether oxygens (including phenoxy) is 3. The van der Waals surface area contributed by atoms with Crippen molar-refractivity contribution in [2.24, 2.45) is 0 Å². The lowest BCUT2D eigenvalue weighted by Crippen LogP contribution is -3.45. The Morgan fingerprint density at radius 2 is 1.43 bits per heavy atom. The van der Waals surface area contributed by atoms with Crippen molar-refractivity contribution in [3.8, 4) is 0 Å². The van der Waals surface area contributed by atoms with Crippen LogP contribution in [0.1, 0.15) is 13.8 Å². The number of hydrogen-bond acceptors (Lipinski definition) is 5. The summed E-state index contributed by atoms with van der Waals surface area (Å²) in [6.07, 6.45) is 0. The summed E-state index contributed by atoms with van der Waals surface area (Å²) < 4.78 is 16.1. The molecule has 2 aliphatic rings. The third-order valence-electron chi connectivity index (χ3n) is 4.36. The van der Waals surface area contributed by atoms with E-state index in [2.05, 4.69) is 0 Å². The Balaban J connectivity index is 2.36. The van der Waals surface area contributed by atoms with Gasteiger partial charge in [0.1, 0.15) is 26.2 Å². The summed E-state index contributed by atoms with van der Waals surface area (Å²) in [5.41, 5.74) is -1.18. The second-order valence-corrected chi connectivity index (χ2v) is 5.46. The highest BCUT2D eigenvalue weighted by Crippen LogP contribution is 2.01. The molecule has 120 valence electrons. The van der Waals surface area contributed by atoms with Crippen LogP contribution in [0.15, 0.2) is 0 Å². The summed E-state index contributed by atoms with van der Waals surface area (Å²) in [4.78, 5) is 27.2. The molecule has 2 N–H and O–H groups in total. The van der Waals surface area contributed by atoms with Gasteiger partial charge in [-0.15, -0.1) is 0 Å². The normalized spacial score (nSPS) is 22.0. The Kier molecular flexibility index (Phi) is 5.69. The maximum Gasteiger partial charge on any atom is 0.437 e. The number of esters is 1. The van der Waals surface area contributed by atoms with Gasteiger partial charge in [-0.2, -0.15) is 0 Å². The summed E-state index contributed by atoms with van der Waals surface area (Å²) >= 11 is 0. The Morgan fingerprint density at radius 3 is 1.76 bits per heavy atom. The van der Waals surface area contributed by atoms with E-state index in [9.17, 15) is 9.59 Å². The summed E-state index contributed by atoms with van der Waals surface area (Å²) in [6.45, 7) is 8.37. The Hall–Kier alpha value is -1.02. The molecular weight excluding hydrogens is 276 g/mol. The van der Waals surface area contributed by atoms with Crippen LogP contribution in [0.3, 0.4) is 0 Å². The van der Waals surface area contributed by atoms with Crippen LogP contribution in [0, 0.1) is 0 Å². The highest BCUT2D eigenvalue weighted by molar-refractivity contribution is 6.03. The predicted octanol–water partition coefficient (Wildman–Crippen LogP) is -3.33. The summed E-state index contributed by atoms with van der Waals surface area (Å²) in [5, 5.41) is 0. The average Bonchev–Trinajstić information content (AvgIpc) is 2.50. The fraction of sp³-hybridized carbons (Fsp3) is 0.857. The van der Waals surface area contributed by atoms with Crippen molar-refractivity contribution in [1.29, 1.82) is 0 Å². The quantitative estimate of drug-likeness (QED) is 0.411. The van der Waals surface area contributed by atoms with Gasteiger partial charge in [0.15, 0.2) is 0 Å². The molecule has 0 atom stereocenters. The summed E-state index contributed by atoms with van der Waals surface area (Å²) in [7, 11) is 0. The molecule has 2 fully saturated rings. The number of carbonyl (C=O) groups excluding carboxylic acids is 2. The molecule has 2 heterocycles. The van der Waals surface area contributed by atoms with Crippen molar-refractivity contribution in [2.45, 2.75) is 19.5 Å². The Labute approximate surface area is 125 Å². The number of rotatable bonds is 5. The third-order valence-corrected chi connectivity index (χ3v) is 4.36. The molecule has 7 nitrogen and oxygen atoms in total. The van der Waals surface area contributed by atoms with Crippen LogP contribution in [0.5, 0.6) is 0 Å². The first-order valence-electron chi connectivity index (χ1n) is 7.68. The lowest BCUT2D eigenvalue weighted by molar-refractivity contribution is -1.13. The molecule has 0 saturated carbocycles. The first-order valence-corrected chi connectivity index (χ1v) is 7.68. The van der Waals surface area contributed by atoms with E-state index in [0.29, 0.717) is 52.6 Å². The van der Waals surface area contributed by atoms with Crippen LogP contribution in [-0.4, -0.2) is 76.6 Å². The molecule has 2 saturated heterocycles. The lowest BCUT2D eigenvalue weighted by Gasteiger charge is -2.43. The van der Waals surface area contributed by atoms with E-state index >= 15 is 0 Å². The number of hydrogen-bond donors (Lipinski definition) is 2. The lowest BCUT2D eigenvalue weighted by atomic mass is 9.99. The fourth-order valence-corrected chi connectivity index (χ4v) is 3.41. The standard InChI is InChI=1S/C14H24N2O5/c1-3-21-13(18)14(12(2)17,15-4-8-19-9-5-15)16-6-10-20-11-7-16/h3-11H2,1-2H3/p+2. The van der Waals surface area contributed by atoms with E-state index in [1.54, 1.807) is 6.92 Å². The molecule has 0 radical (unpaired) electrons.